The second-order valence-corrected chi connectivity index (χ2v) is 6.77. The highest BCUT2D eigenvalue weighted by Crippen LogP contribution is 2.50. The fourth-order valence-corrected chi connectivity index (χ4v) is 4.37. The highest BCUT2D eigenvalue weighted by atomic mass is 35.5. The minimum Gasteiger partial charge on any atom is -0.310 e. The molecule has 0 amide bonds. The summed E-state index contributed by atoms with van der Waals surface area (Å²) < 4.78 is 0. The van der Waals surface area contributed by atoms with Crippen LogP contribution in [0.4, 0.5) is 0 Å². The third-order valence-corrected chi connectivity index (χ3v) is 5.40. The Bertz CT molecular complexity index is 414. The summed E-state index contributed by atoms with van der Waals surface area (Å²) in [6.45, 7) is 3.23. The summed E-state index contributed by atoms with van der Waals surface area (Å²) in [7, 11) is 0. The molecule has 0 heterocycles. The van der Waals surface area contributed by atoms with Gasteiger partial charge < -0.3 is 5.32 Å². The standard InChI is InChI=1S/C17H24ClN/c1-2-19-17(13-5-7-16(18)8-6-13)11-15-10-12-3-4-14(15)9-12/h5-8,12,14-15,17,19H,2-4,9-11H2,1H3. The topological polar surface area (TPSA) is 12.0 Å². The zero-order valence-electron chi connectivity index (χ0n) is 11.7. The predicted molar refractivity (Wildman–Crippen MR) is 81.4 cm³/mol. The lowest BCUT2D eigenvalue weighted by molar-refractivity contribution is 0.280. The van der Waals surface area contributed by atoms with E-state index in [1.54, 1.807) is 0 Å². The lowest BCUT2D eigenvalue weighted by Gasteiger charge is -2.27. The maximum atomic E-state index is 5.99. The lowest BCUT2D eigenvalue weighted by Crippen LogP contribution is -2.25. The molecular formula is C17H24ClN. The zero-order chi connectivity index (χ0) is 13.2. The molecule has 1 N–H and O–H groups in total. The van der Waals surface area contributed by atoms with Crippen molar-refractivity contribution in [3.8, 4) is 0 Å². The number of benzene rings is 1. The molecule has 2 fully saturated rings. The third kappa shape index (κ3) is 2.98. The maximum absolute atomic E-state index is 5.99. The average Bonchev–Trinajstić information content (AvgIpc) is 3.01. The van der Waals surface area contributed by atoms with E-state index in [4.69, 9.17) is 11.6 Å². The van der Waals surface area contributed by atoms with E-state index >= 15 is 0 Å². The first-order chi connectivity index (χ1) is 9.26. The van der Waals surface area contributed by atoms with Gasteiger partial charge in [0.25, 0.3) is 0 Å². The van der Waals surface area contributed by atoms with Crippen molar-refractivity contribution in [1.29, 1.82) is 0 Å². The van der Waals surface area contributed by atoms with Crippen LogP contribution in [-0.4, -0.2) is 6.54 Å². The second-order valence-electron chi connectivity index (χ2n) is 6.33. The summed E-state index contributed by atoms with van der Waals surface area (Å²) in [5.41, 5.74) is 1.40. The SMILES string of the molecule is CCNC(CC1CC2CCC1C2)c1ccc(Cl)cc1. The van der Waals surface area contributed by atoms with Gasteiger partial charge >= 0.3 is 0 Å². The van der Waals surface area contributed by atoms with Crippen LogP contribution < -0.4 is 5.32 Å². The molecule has 2 aliphatic rings. The molecule has 19 heavy (non-hydrogen) atoms. The first kappa shape index (κ1) is 13.5. The van der Waals surface area contributed by atoms with Gasteiger partial charge in [0.1, 0.15) is 0 Å². The molecule has 0 radical (unpaired) electrons. The van der Waals surface area contributed by atoms with Crippen LogP contribution in [0.25, 0.3) is 0 Å². The van der Waals surface area contributed by atoms with Gasteiger partial charge in [-0.25, -0.2) is 0 Å². The Balaban J connectivity index is 1.68. The van der Waals surface area contributed by atoms with Crippen LogP contribution in [0.2, 0.25) is 5.02 Å². The predicted octanol–water partition coefficient (Wildman–Crippen LogP) is 4.82. The van der Waals surface area contributed by atoms with Crippen LogP contribution in [0.15, 0.2) is 24.3 Å². The van der Waals surface area contributed by atoms with E-state index < -0.39 is 0 Å². The van der Waals surface area contributed by atoms with Crippen LogP contribution in [0, 0.1) is 17.8 Å². The molecule has 0 saturated heterocycles. The van der Waals surface area contributed by atoms with Crippen molar-refractivity contribution in [2.75, 3.05) is 6.54 Å². The van der Waals surface area contributed by atoms with Crippen LogP contribution in [0.3, 0.4) is 0 Å². The highest BCUT2D eigenvalue weighted by molar-refractivity contribution is 6.30. The van der Waals surface area contributed by atoms with Gasteiger partial charge in [-0.1, -0.05) is 37.1 Å². The molecule has 1 nitrogen and oxygen atoms in total. The van der Waals surface area contributed by atoms with Gasteiger partial charge in [-0.3, -0.25) is 0 Å². The summed E-state index contributed by atoms with van der Waals surface area (Å²) in [6, 6.07) is 8.90. The Labute approximate surface area is 121 Å². The van der Waals surface area contributed by atoms with Crippen molar-refractivity contribution in [3.63, 3.8) is 0 Å². The molecule has 1 aromatic rings. The number of hydrogen-bond acceptors (Lipinski definition) is 1. The van der Waals surface area contributed by atoms with Crippen LogP contribution in [0.5, 0.6) is 0 Å². The number of hydrogen-bond donors (Lipinski definition) is 1. The number of fused-ring (bicyclic) bond motifs is 2. The van der Waals surface area contributed by atoms with E-state index in [1.807, 2.05) is 12.1 Å². The van der Waals surface area contributed by atoms with E-state index in [-0.39, 0.29) is 0 Å². The van der Waals surface area contributed by atoms with Gasteiger partial charge in [-0.05, 0) is 67.7 Å². The Morgan fingerprint density at radius 3 is 2.58 bits per heavy atom. The van der Waals surface area contributed by atoms with Gasteiger partial charge in [0.2, 0.25) is 0 Å². The quantitative estimate of drug-likeness (QED) is 0.814. The molecule has 2 heteroatoms. The Morgan fingerprint density at radius 2 is 2.00 bits per heavy atom. The van der Waals surface area contributed by atoms with Crippen molar-refractivity contribution in [1.82, 2.24) is 5.32 Å². The van der Waals surface area contributed by atoms with Crippen molar-refractivity contribution < 1.29 is 0 Å². The summed E-state index contributed by atoms with van der Waals surface area (Å²) >= 11 is 5.99. The molecule has 2 aliphatic carbocycles. The number of nitrogens with one attached hydrogen (secondary N) is 1. The first-order valence-electron chi connectivity index (χ1n) is 7.75. The molecule has 4 unspecified atom stereocenters. The molecule has 4 atom stereocenters. The van der Waals surface area contributed by atoms with E-state index in [1.165, 1.54) is 37.7 Å². The summed E-state index contributed by atoms with van der Waals surface area (Å²) in [6.07, 6.45) is 7.25. The fraction of sp³-hybridized carbons (Fsp3) is 0.647. The van der Waals surface area contributed by atoms with Gasteiger partial charge in [-0.15, -0.1) is 0 Å². The molecular weight excluding hydrogens is 254 g/mol. The smallest absolute Gasteiger partial charge is 0.0406 e. The minimum atomic E-state index is 0.506. The van der Waals surface area contributed by atoms with Gasteiger partial charge in [0, 0.05) is 11.1 Å². The monoisotopic (exact) mass is 277 g/mol. The normalized spacial score (nSPS) is 30.7. The molecule has 0 aliphatic heterocycles. The fourth-order valence-electron chi connectivity index (χ4n) is 4.25. The Morgan fingerprint density at radius 1 is 1.21 bits per heavy atom. The largest absolute Gasteiger partial charge is 0.310 e. The van der Waals surface area contributed by atoms with Crippen LogP contribution in [-0.2, 0) is 0 Å². The number of halogens is 1. The third-order valence-electron chi connectivity index (χ3n) is 5.15. The Hall–Kier alpha value is -0.530. The average molecular weight is 278 g/mol. The van der Waals surface area contributed by atoms with Crippen LogP contribution in [0.1, 0.15) is 50.6 Å². The molecule has 0 spiro atoms. The van der Waals surface area contributed by atoms with Crippen molar-refractivity contribution in [2.45, 2.75) is 45.1 Å². The van der Waals surface area contributed by atoms with E-state index in [0.29, 0.717) is 6.04 Å². The van der Waals surface area contributed by atoms with Crippen LogP contribution >= 0.6 is 11.6 Å². The van der Waals surface area contributed by atoms with E-state index in [2.05, 4.69) is 24.4 Å². The Kier molecular flexibility index (Phi) is 4.14. The van der Waals surface area contributed by atoms with E-state index in [0.717, 1.165) is 29.3 Å². The molecule has 104 valence electrons. The van der Waals surface area contributed by atoms with Crippen molar-refractivity contribution in [2.24, 2.45) is 17.8 Å². The molecule has 0 aromatic heterocycles. The molecule has 2 bridgehead atoms. The van der Waals surface area contributed by atoms with Crippen molar-refractivity contribution in [3.05, 3.63) is 34.9 Å². The highest BCUT2D eigenvalue weighted by Gasteiger charge is 2.40. The maximum Gasteiger partial charge on any atom is 0.0406 e. The molecule has 1 aromatic carbocycles. The second kappa shape index (κ2) is 5.85. The molecule has 2 saturated carbocycles. The van der Waals surface area contributed by atoms with Gasteiger partial charge in [0.05, 0.1) is 0 Å². The lowest BCUT2D eigenvalue weighted by atomic mass is 9.83. The van der Waals surface area contributed by atoms with Crippen molar-refractivity contribution >= 4 is 11.6 Å². The minimum absolute atomic E-state index is 0.506. The molecule has 3 rings (SSSR count). The summed E-state index contributed by atoms with van der Waals surface area (Å²) in [5.74, 6) is 3.00. The summed E-state index contributed by atoms with van der Waals surface area (Å²) in [4.78, 5) is 0. The van der Waals surface area contributed by atoms with Gasteiger partial charge in [0.15, 0.2) is 0 Å². The number of rotatable bonds is 5. The summed E-state index contributed by atoms with van der Waals surface area (Å²) in [5, 5.41) is 4.49. The first-order valence-corrected chi connectivity index (χ1v) is 8.13. The zero-order valence-corrected chi connectivity index (χ0v) is 12.5. The van der Waals surface area contributed by atoms with E-state index in [9.17, 15) is 0 Å². The van der Waals surface area contributed by atoms with Gasteiger partial charge in [-0.2, -0.15) is 0 Å².